The van der Waals surface area contributed by atoms with E-state index in [2.05, 4.69) is 0 Å². The number of hydrogen-bond acceptors (Lipinski definition) is 6. The molecule has 0 saturated carbocycles. The third kappa shape index (κ3) is 3.66. The van der Waals surface area contributed by atoms with Gasteiger partial charge >= 0.3 is 0 Å². The van der Waals surface area contributed by atoms with E-state index in [0.29, 0.717) is 37.8 Å². The van der Waals surface area contributed by atoms with Crippen LogP contribution in [0.25, 0.3) is 0 Å². The molecular formula is C23H24N2O6S. The number of aliphatic hydroxyl groups is 1. The molecule has 32 heavy (non-hydrogen) atoms. The van der Waals surface area contributed by atoms with Gasteiger partial charge < -0.3 is 19.5 Å². The molecule has 0 bridgehead atoms. The summed E-state index contributed by atoms with van der Waals surface area (Å²) in [5, 5.41) is 9.80. The molecule has 168 valence electrons. The lowest BCUT2D eigenvalue weighted by Crippen LogP contribution is -2.39. The molecule has 2 aromatic rings. The number of hydrogen-bond donors (Lipinski definition) is 1. The predicted octanol–water partition coefficient (Wildman–Crippen LogP) is 1.38. The van der Waals surface area contributed by atoms with Gasteiger partial charge in [0.1, 0.15) is 13.2 Å². The zero-order valence-electron chi connectivity index (χ0n) is 17.4. The third-order valence-electron chi connectivity index (χ3n) is 6.14. The first-order valence-corrected chi connectivity index (χ1v) is 12.0. The summed E-state index contributed by atoms with van der Waals surface area (Å²) in [6.45, 7) is 1.83. The number of nitrogens with zero attached hydrogens (tertiary/aromatic N) is 2. The van der Waals surface area contributed by atoms with Crippen LogP contribution in [0.4, 0.5) is 0 Å². The number of ether oxygens (including phenoxy) is 2. The molecule has 8 nitrogen and oxygen atoms in total. The molecule has 0 spiro atoms. The lowest BCUT2D eigenvalue weighted by Gasteiger charge is -2.26. The van der Waals surface area contributed by atoms with Crippen molar-refractivity contribution >= 4 is 15.9 Å². The first-order chi connectivity index (χ1) is 15.5. The number of benzene rings is 2. The lowest BCUT2D eigenvalue weighted by molar-refractivity contribution is -0.132. The SMILES string of the molecule is O=C(C(CO)c1ccccc1)N1CC2=C(C1)CN(S(=O)(=O)c1ccc3c(c1)OCCO3)C2. The molecule has 0 saturated heterocycles. The van der Waals surface area contributed by atoms with E-state index in [0.717, 1.165) is 16.7 Å². The van der Waals surface area contributed by atoms with Crippen molar-refractivity contribution in [3.05, 3.63) is 65.2 Å². The average molecular weight is 457 g/mol. The molecule has 3 aliphatic heterocycles. The van der Waals surface area contributed by atoms with Gasteiger partial charge in [-0.1, -0.05) is 30.3 Å². The minimum atomic E-state index is -3.70. The van der Waals surface area contributed by atoms with Crippen LogP contribution in [0.15, 0.2) is 64.6 Å². The highest BCUT2D eigenvalue weighted by Gasteiger charge is 2.39. The van der Waals surface area contributed by atoms with Crippen LogP contribution in [0.2, 0.25) is 0 Å². The molecule has 1 atom stereocenters. The standard InChI is InChI=1S/C23H24N2O6S/c26-15-20(16-4-2-1-3-5-16)23(27)24-11-17-13-25(14-18(17)12-24)32(28,29)19-6-7-21-22(10-19)31-9-8-30-21/h1-7,10,20,26H,8-9,11-15H2. The molecule has 1 amide bonds. The van der Waals surface area contributed by atoms with Gasteiger partial charge in [0.25, 0.3) is 0 Å². The summed E-state index contributed by atoms with van der Waals surface area (Å²) < 4.78 is 38.8. The maximum atomic E-state index is 13.2. The molecule has 1 N–H and O–H groups in total. The Hall–Kier alpha value is -2.88. The van der Waals surface area contributed by atoms with Crippen molar-refractivity contribution in [3.63, 3.8) is 0 Å². The first-order valence-electron chi connectivity index (χ1n) is 10.5. The Morgan fingerprint density at radius 2 is 1.59 bits per heavy atom. The summed E-state index contributed by atoms with van der Waals surface area (Å²) in [6, 6.07) is 13.9. The molecule has 0 fully saturated rings. The highest BCUT2D eigenvalue weighted by Crippen LogP contribution is 2.36. The molecule has 2 aromatic carbocycles. The number of carbonyl (C=O) groups excluding carboxylic acids is 1. The normalized spacial score (nSPS) is 19.2. The van der Waals surface area contributed by atoms with Crippen LogP contribution in [0.5, 0.6) is 11.5 Å². The summed E-state index contributed by atoms with van der Waals surface area (Å²) in [7, 11) is -3.70. The van der Waals surface area contributed by atoms with Crippen LogP contribution in [-0.4, -0.2) is 74.6 Å². The van der Waals surface area contributed by atoms with E-state index in [1.807, 2.05) is 30.3 Å². The zero-order chi connectivity index (χ0) is 22.3. The van der Waals surface area contributed by atoms with Crippen LogP contribution >= 0.6 is 0 Å². The summed E-state index contributed by atoms with van der Waals surface area (Å²) >= 11 is 0. The van der Waals surface area contributed by atoms with Gasteiger partial charge in [-0.25, -0.2) is 8.42 Å². The van der Waals surface area contributed by atoms with Crippen LogP contribution < -0.4 is 9.47 Å². The van der Waals surface area contributed by atoms with Crippen molar-refractivity contribution in [3.8, 4) is 11.5 Å². The van der Waals surface area contributed by atoms with Gasteiger partial charge in [-0.3, -0.25) is 4.79 Å². The number of rotatable bonds is 5. The van der Waals surface area contributed by atoms with Crippen LogP contribution in [-0.2, 0) is 14.8 Å². The fourth-order valence-electron chi connectivity index (χ4n) is 4.44. The van der Waals surface area contributed by atoms with E-state index in [9.17, 15) is 18.3 Å². The number of carbonyl (C=O) groups is 1. The van der Waals surface area contributed by atoms with Crippen molar-refractivity contribution < 1.29 is 27.8 Å². The minimum absolute atomic E-state index is 0.144. The molecule has 3 aliphatic rings. The molecule has 3 heterocycles. The Kier molecular flexibility index (Phi) is 5.40. The molecule has 5 rings (SSSR count). The van der Waals surface area contributed by atoms with Gasteiger partial charge in [-0.05, 0) is 28.8 Å². The fraction of sp³-hybridized carbons (Fsp3) is 0.348. The smallest absolute Gasteiger partial charge is 0.243 e. The summed E-state index contributed by atoms with van der Waals surface area (Å²) in [5.41, 5.74) is 2.67. The van der Waals surface area contributed by atoms with Crippen molar-refractivity contribution in [1.82, 2.24) is 9.21 Å². The van der Waals surface area contributed by atoms with Gasteiger partial charge in [-0.15, -0.1) is 0 Å². The summed E-state index contributed by atoms with van der Waals surface area (Å²) in [5.74, 6) is 0.219. The Labute approximate surface area is 186 Å². The van der Waals surface area contributed by atoms with Crippen LogP contribution in [0.3, 0.4) is 0 Å². The van der Waals surface area contributed by atoms with E-state index in [4.69, 9.17) is 9.47 Å². The molecule has 1 unspecified atom stereocenters. The maximum absolute atomic E-state index is 13.2. The highest BCUT2D eigenvalue weighted by atomic mass is 32.2. The van der Waals surface area contributed by atoms with E-state index < -0.39 is 15.9 Å². The van der Waals surface area contributed by atoms with Gasteiger partial charge in [-0.2, -0.15) is 4.31 Å². The van der Waals surface area contributed by atoms with E-state index >= 15 is 0 Å². The number of fused-ring (bicyclic) bond motifs is 1. The van der Waals surface area contributed by atoms with Crippen molar-refractivity contribution in [2.24, 2.45) is 0 Å². The highest BCUT2D eigenvalue weighted by molar-refractivity contribution is 7.89. The monoisotopic (exact) mass is 456 g/mol. The quantitative estimate of drug-likeness (QED) is 0.683. The topological polar surface area (TPSA) is 96.4 Å². The maximum Gasteiger partial charge on any atom is 0.243 e. The van der Waals surface area contributed by atoms with Gasteiger partial charge in [0, 0.05) is 32.2 Å². The van der Waals surface area contributed by atoms with E-state index in [1.54, 1.807) is 11.0 Å². The second-order valence-electron chi connectivity index (χ2n) is 8.13. The summed E-state index contributed by atoms with van der Waals surface area (Å²) in [4.78, 5) is 14.9. The van der Waals surface area contributed by atoms with Gasteiger partial charge in [0.05, 0.1) is 17.4 Å². The second kappa shape index (κ2) is 8.23. The Morgan fingerprint density at radius 3 is 2.25 bits per heavy atom. The average Bonchev–Trinajstić information content (AvgIpc) is 3.40. The second-order valence-corrected chi connectivity index (χ2v) is 10.1. The Morgan fingerprint density at radius 1 is 0.938 bits per heavy atom. The molecular weight excluding hydrogens is 432 g/mol. The third-order valence-corrected chi connectivity index (χ3v) is 7.93. The fourth-order valence-corrected chi connectivity index (χ4v) is 5.88. The largest absolute Gasteiger partial charge is 0.486 e. The number of amides is 1. The molecule has 9 heteroatoms. The zero-order valence-corrected chi connectivity index (χ0v) is 18.3. The Bertz CT molecular complexity index is 1160. The molecule has 0 aliphatic carbocycles. The Balaban J connectivity index is 1.27. The minimum Gasteiger partial charge on any atom is -0.486 e. The number of sulfonamides is 1. The van der Waals surface area contributed by atoms with Crippen molar-refractivity contribution in [2.75, 3.05) is 46.0 Å². The van der Waals surface area contributed by atoms with Crippen LogP contribution in [0.1, 0.15) is 11.5 Å². The lowest BCUT2D eigenvalue weighted by atomic mass is 9.98. The van der Waals surface area contributed by atoms with E-state index in [-0.39, 0.29) is 30.5 Å². The molecule has 0 radical (unpaired) electrons. The molecule has 0 aromatic heterocycles. The van der Waals surface area contributed by atoms with Crippen molar-refractivity contribution in [1.29, 1.82) is 0 Å². The first kappa shape index (κ1) is 21.0. The summed E-state index contributed by atoms with van der Waals surface area (Å²) in [6.07, 6.45) is 0. The predicted molar refractivity (Wildman–Crippen MR) is 116 cm³/mol. The van der Waals surface area contributed by atoms with Crippen molar-refractivity contribution in [2.45, 2.75) is 10.8 Å². The van der Waals surface area contributed by atoms with Crippen LogP contribution in [0, 0.1) is 0 Å². The number of aliphatic hydroxyl groups excluding tert-OH is 1. The van der Waals surface area contributed by atoms with E-state index in [1.165, 1.54) is 16.4 Å². The van der Waals surface area contributed by atoms with Gasteiger partial charge in [0.15, 0.2) is 11.5 Å². The van der Waals surface area contributed by atoms with Gasteiger partial charge in [0.2, 0.25) is 15.9 Å².